The standard InChI is InChI=1S/C14H17BrN2O2/c1-8(2)14(3)7-12(18)17(13(14)19)9-4-5-11(16)10(15)6-9/h4-6,8H,7,16H2,1-3H3. The third-order valence-electron chi connectivity index (χ3n) is 3.98. The van der Waals surface area contributed by atoms with Crippen molar-refractivity contribution in [3.05, 3.63) is 22.7 Å². The summed E-state index contributed by atoms with van der Waals surface area (Å²) in [5, 5.41) is 0. The van der Waals surface area contributed by atoms with E-state index in [0.717, 1.165) is 0 Å². The van der Waals surface area contributed by atoms with Gasteiger partial charge in [-0.2, -0.15) is 0 Å². The minimum absolute atomic E-state index is 0.117. The Balaban J connectivity index is 2.43. The van der Waals surface area contributed by atoms with E-state index in [1.807, 2.05) is 20.8 Å². The van der Waals surface area contributed by atoms with E-state index in [1.165, 1.54) is 4.90 Å². The smallest absolute Gasteiger partial charge is 0.240 e. The molecule has 1 fully saturated rings. The number of benzene rings is 1. The largest absolute Gasteiger partial charge is 0.398 e. The van der Waals surface area contributed by atoms with Crippen LogP contribution in [0.1, 0.15) is 27.2 Å². The van der Waals surface area contributed by atoms with Gasteiger partial charge in [0.1, 0.15) is 0 Å². The van der Waals surface area contributed by atoms with Crippen molar-refractivity contribution in [1.82, 2.24) is 0 Å². The first-order valence-electron chi connectivity index (χ1n) is 6.20. The van der Waals surface area contributed by atoms with Crippen LogP contribution < -0.4 is 10.6 Å². The number of nitrogen functional groups attached to an aromatic ring is 1. The lowest BCUT2D eigenvalue weighted by atomic mass is 9.78. The molecule has 4 nitrogen and oxygen atoms in total. The molecule has 1 heterocycles. The summed E-state index contributed by atoms with van der Waals surface area (Å²) in [7, 11) is 0. The van der Waals surface area contributed by atoms with E-state index in [0.29, 0.717) is 15.8 Å². The van der Waals surface area contributed by atoms with Crippen molar-refractivity contribution < 1.29 is 9.59 Å². The van der Waals surface area contributed by atoms with Gasteiger partial charge in [-0.15, -0.1) is 0 Å². The first-order chi connectivity index (χ1) is 8.77. The first kappa shape index (κ1) is 14.1. The van der Waals surface area contributed by atoms with E-state index < -0.39 is 5.41 Å². The van der Waals surface area contributed by atoms with Crippen molar-refractivity contribution in [3.8, 4) is 0 Å². The molecular weight excluding hydrogens is 308 g/mol. The van der Waals surface area contributed by atoms with E-state index in [9.17, 15) is 9.59 Å². The summed E-state index contributed by atoms with van der Waals surface area (Å²) in [6.45, 7) is 5.78. The molecule has 0 radical (unpaired) electrons. The van der Waals surface area contributed by atoms with E-state index in [1.54, 1.807) is 18.2 Å². The summed E-state index contributed by atoms with van der Waals surface area (Å²) in [5.41, 5.74) is 6.25. The molecule has 1 aliphatic heterocycles. The van der Waals surface area contributed by atoms with Gasteiger partial charge in [0.25, 0.3) is 0 Å². The number of hydrogen-bond acceptors (Lipinski definition) is 3. The Morgan fingerprint density at radius 1 is 1.37 bits per heavy atom. The van der Waals surface area contributed by atoms with E-state index in [-0.39, 0.29) is 24.2 Å². The molecule has 0 spiro atoms. The Kier molecular flexibility index (Phi) is 3.43. The molecule has 1 aromatic carbocycles. The summed E-state index contributed by atoms with van der Waals surface area (Å²) < 4.78 is 0.684. The quantitative estimate of drug-likeness (QED) is 0.672. The Morgan fingerprint density at radius 2 is 2.00 bits per heavy atom. The molecule has 5 heteroatoms. The van der Waals surface area contributed by atoms with Crippen molar-refractivity contribution in [1.29, 1.82) is 0 Å². The van der Waals surface area contributed by atoms with Gasteiger partial charge in [0.05, 0.1) is 11.1 Å². The fourth-order valence-corrected chi connectivity index (χ4v) is 2.57. The molecule has 0 aromatic heterocycles. The average molecular weight is 325 g/mol. The van der Waals surface area contributed by atoms with Crippen LogP contribution in [0, 0.1) is 11.3 Å². The van der Waals surface area contributed by atoms with Crippen molar-refractivity contribution in [2.45, 2.75) is 27.2 Å². The Morgan fingerprint density at radius 3 is 2.47 bits per heavy atom. The van der Waals surface area contributed by atoms with E-state index in [2.05, 4.69) is 15.9 Å². The number of carbonyl (C=O) groups excluding carboxylic acids is 2. The van der Waals surface area contributed by atoms with Gasteiger partial charge in [-0.3, -0.25) is 14.5 Å². The molecule has 2 N–H and O–H groups in total. The number of halogens is 1. The Bertz CT molecular complexity index is 556. The highest BCUT2D eigenvalue weighted by Crippen LogP contribution is 2.41. The molecule has 0 bridgehead atoms. The summed E-state index contributed by atoms with van der Waals surface area (Å²) in [6, 6.07) is 5.09. The van der Waals surface area contributed by atoms with E-state index in [4.69, 9.17) is 5.73 Å². The lowest BCUT2D eigenvalue weighted by molar-refractivity contribution is -0.126. The molecule has 0 saturated carbocycles. The highest BCUT2D eigenvalue weighted by atomic mass is 79.9. The molecule has 1 saturated heterocycles. The third-order valence-corrected chi connectivity index (χ3v) is 4.66. The van der Waals surface area contributed by atoms with Crippen LogP contribution in [0.15, 0.2) is 22.7 Å². The van der Waals surface area contributed by atoms with Gasteiger partial charge in [0.15, 0.2) is 0 Å². The maximum absolute atomic E-state index is 12.5. The second kappa shape index (κ2) is 4.63. The summed E-state index contributed by atoms with van der Waals surface area (Å²) >= 11 is 3.32. The molecule has 2 amide bonds. The van der Waals surface area contributed by atoms with Crippen LogP contribution >= 0.6 is 15.9 Å². The second-order valence-corrected chi connectivity index (χ2v) is 6.34. The molecule has 102 valence electrons. The first-order valence-corrected chi connectivity index (χ1v) is 6.99. The zero-order chi connectivity index (χ0) is 14.4. The van der Waals surface area contributed by atoms with Gasteiger partial charge in [0.2, 0.25) is 11.8 Å². The second-order valence-electron chi connectivity index (χ2n) is 5.49. The molecule has 1 aromatic rings. The summed E-state index contributed by atoms with van der Waals surface area (Å²) in [6.07, 6.45) is 0.255. The minimum Gasteiger partial charge on any atom is -0.398 e. The number of nitrogens with two attached hydrogens (primary N) is 1. The van der Waals surface area contributed by atoms with Crippen LogP contribution in [0.2, 0.25) is 0 Å². The zero-order valence-corrected chi connectivity index (χ0v) is 12.8. The number of carbonyl (C=O) groups is 2. The normalized spacial score (nSPS) is 23.5. The molecule has 1 aliphatic rings. The summed E-state index contributed by atoms with van der Waals surface area (Å²) in [4.78, 5) is 26.0. The van der Waals surface area contributed by atoms with Crippen LogP contribution in [0.3, 0.4) is 0 Å². The molecule has 1 unspecified atom stereocenters. The zero-order valence-electron chi connectivity index (χ0n) is 11.2. The van der Waals surface area contributed by atoms with Crippen molar-refractivity contribution in [2.75, 3.05) is 10.6 Å². The van der Waals surface area contributed by atoms with Gasteiger partial charge >= 0.3 is 0 Å². The van der Waals surface area contributed by atoms with Crippen LogP contribution in [0.4, 0.5) is 11.4 Å². The maximum atomic E-state index is 12.5. The molecule has 0 aliphatic carbocycles. The van der Waals surface area contributed by atoms with Crippen molar-refractivity contribution >= 4 is 39.1 Å². The van der Waals surface area contributed by atoms with Gasteiger partial charge in [-0.05, 0) is 47.0 Å². The fraction of sp³-hybridized carbons (Fsp3) is 0.429. The molecule has 2 rings (SSSR count). The SMILES string of the molecule is CC(C)C1(C)CC(=O)N(c2ccc(N)c(Br)c2)C1=O. The molecular formula is C14H17BrN2O2. The monoisotopic (exact) mass is 324 g/mol. The fourth-order valence-electron chi connectivity index (χ4n) is 2.20. The number of anilines is 2. The topological polar surface area (TPSA) is 63.4 Å². The van der Waals surface area contributed by atoms with Gasteiger partial charge in [0, 0.05) is 16.6 Å². The highest BCUT2D eigenvalue weighted by molar-refractivity contribution is 9.10. The number of amides is 2. The van der Waals surface area contributed by atoms with Crippen molar-refractivity contribution in [2.24, 2.45) is 11.3 Å². The average Bonchev–Trinajstić information content (AvgIpc) is 2.55. The van der Waals surface area contributed by atoms with Crippen LogP contribution in [-0.2, 0) is 9.59 Å². The van der Waals surface area contributed by atoms with Gasteiger partial charge < -0.3 is 5.73 Å². The Hall–Kier alpha value is -1.36. The third kappa shape index (κ3) is 2.16. The minimum atomic E-state index is -0.620. The lowest BCUT2D eigenvalue weighted by Crippen LogP contribution is -2.36. The van der Waals surface area contributed by atoms with Gasteiger partial charge in [-0.25, -0.2) is 0 Å². The Labute approximate surface area is 121 Å². The maximum Gasteiger partial charge on any atom is 0.240 e. The number of imide groups is 1. The summed E-state index contributed by atoms with van der Waals surface area (Å²) in [5.74, 6) is -0.173. The van der Waals surface area contributed by atoms with Crippen molar-refractivity contribution in [3.63, 3.8) is 0 Å². The van der Waals surface area contributed by atoms with E-state index >= 15 is 0 Å². The van der Waals surface area contributed by atoms with Crippen LogP contribution in [-0.4, -0.2) is 11.8 Å². The van der Waals surface area contributed by atoms with Crippen LogP contribution in [0.25, 0.3) is 0 Å². The van der Waals surface area contributed by atoms with Crippen LogP contribution in [0.5, 0.6) is 0 Å². The van der Waals surface area contributed by atoms with Gasteiger partial charge in [-0.1, -0.05) is 13.8 Å². The lowest BCUT2D eigenvalue weighted by Gasteiger charge is -2.26. The molecule has 1 atom stereocenters. The molecule has 19 heavy (non-hydrogen) atoms. The number of rotatable bonds is 2. The predicted octanol–water partition coefficient (Wildman–Crippen LogP) is 2.96. The highest BCUT2D eigenvalue weighted by Gasteiger charge is 2.50. The number of hydrogen-bond donors (Lipinski definition) is 1. The predicted molar refractivity (Wildman–Crippen MR) is 78.6 cm³/mol. The number of nitrogens with zero attached hydrogens (tertiary/aromatic N) is 1.